The van der Waals surface area contributed by atoms with Crippen LogP contribution in [0.3, 0.4) is 0 Å². The van der Waals surface area contributed by atoms with Gasteiger partial charge < -0.3 is 10.6 Å². The van der Waals surface area contributed by atoms with Crippen LogP contribution in [0.5, 0.6) is 0 Å². The molecule has 0 atom stereocenters. The number of carbonyl (C=O) groups is 2. The Balaban J connectivity index is 1.84. The molecule has 3 aromatic rings. The number of aryl methyl sites for hydroxylation is 2. The molecule has 1 aromatic heterocycles. The Hall–Kier alpha value is -3.48. The van der Waals surface area contributed by atoms with Crippen molar-refractivity contribution in [3.63, 3.8) is 0 Å². The van der Waals surface area contributed by atoms with Crippen LogP contribution in [0.4, 0.5) is 5.69 Å². The standard InChI is InChI=1S/C23H26N4O3/c1-3-14-24-21(28)13-12-19-23(30)27(20-7-5-4-6-18(20)26-19)15-22(29)25-17-10-8-16(2)9-11-17/h4-11H,3,12-15H2,1-2H3,(H,24,28)(H,25,29). The number of hydrogen-bond acceptors (Lipinski definition) is 4. The molecule has 0 fully saturated rings. The summed E-state index contributed by atoms with van der Waals surface area (Å²) in [6.07, 6.45) is 1.25. The van der Waals surface area contributed by atoms with Crippen molar-refractivity contribution < 1.29 is 9.59 Å². The summed E-state index contributed by atoms with van der Waals surface area (Å²) in [7, 11) is 0. The Bertz CT molecular complexity index is 1100. The van der Waals surface area contributed by atoms with E-state index in [1.54, 1.807) is 18.2 Å². The summed E-state index contributed by atoms with van der Waals surface area (Å²) < 4.78 is 1.42. The average molecular weight is 406 g/mol. The molecule has 3 rings (SSSR count). The topological polar surface area (TPSA) is 93.1 Å². The van der Waals surface area contributed by atoms with Crippen molar-refractivity contribution in [2.24, 2.45) is 0 Å². The SMILES string of the molecule is CCCNC(=O)CCc1nc2ccccc2n(CC(=O)Nc2ccc(C)cc2)c1=O. The van der Waals surface area contributed by atoms with Crippen molar-refractivity contribution in [2.75, 3.05) is 11.9 Å². The molecule has 0 saturated heterocycles. The molecule has 0 bridgehead atoms. The highest BCUT2D eigenvalue weighted by Crippen LogP contribution is 2.12. The third-order valence-corrected chi connectivity index (χ3v) is 4.72. The van der Waals surface area contributed by atoms with E-state index in [2.05, 4.69) is 15.6 Å². The minimum absolute atomic E-state index is 0.116. The smallest absolute Gasteiger partial charge is 0.273 e. The molecule has 7 heteroatoms. The quantitative estimate of drug-likeness (QED) is 0.602. The van der Waals surface area contributed by atoms with Gasteiger partial charge in [0.15, 0.2) is 0 Å². The van der Waals surface area contributed by atoms with E-state index in [9.17, 15) is 14.4 Å². The first-order valence-corrected chi connectivity index (χ1v) is 10.1. The predicted octanol–water partition coefficient (Wildman–Crippen LogP) is 2.80. The lowest BCUT2D eigenvalue weighted by atomic mass is 10.2. The van der Waals surface area contributed by atoms with Gasteiger partial charge >= 0.3 is 0 Å². The molecular weight excluding hydrogens is 380 g/mol. The van der Waals surface area contributed by atoms with Crippen molar-refractivity contribution in [1.82, 2.24) is 14.9 Å². The molecule has 2 aromatic carbocycles. The second-order valence-corrected chi connectivity index (χ2v) is 7.20. The van der Waals surface area contributed by atoms with E-state index >= 15 is 0 Å². The Labute approximate surface area is 175 Å². The molecule has 0 saturated carbocycles. The van der Waals surface area contributed by atoms with Crippen molar-refractivity contribution in [1.29, 1.82) is 0 Å². The number of nitrogens with one attached hydrogen (secondary N) is 2. The van der Waals surface area contributed by atoms with Crippen molar-refractivity contribution in [3.05, 3.63) is 70.1 Å². The van der Waals surface area contributed by atoms with E-state index in [4.69, 9.17) is 0 Å². The summed E-state index contributed by atoms with van der Waals surface area (Å²) in [5.41, 5.74) is 2.89. The summed E-state index contributed by atoms with van der Waals surface area (Å²) in [6.45, 7) is 4.42. The lowest BCUT2D eigenvalue weighted by Gasteiger charge is -2.13. The summed E-state index contributed by atoms with van der Waals surface area (Å²) in [4.78, 5) is 42.0. The van der Waals surface area contributed by atoms with E-state index in [1.165, 1.54) is 4.57 Å². The van der Waals surface area contributed by atoms with Crippen LogP contribution in [-0.2, 0) is 22.6 Å². The summed E-state index contributed by atoms with van der Waals surface area (Å²) in [5, 5.41) is 5.62. The Morgan fingerprint density at radius 3 is 2.50 bits per heavy atom. The molecule has 0 radical (unpaired) electrons. The molecule has 30 heavy (non-hydrogen) atoms. The zero-order chi connectivity index (χ0) is 21.5. The van der Waals surface area contributed by atoms with E-state index < -0.39 is 0 Å². The molecule has 7 nitrogen and oxygen atoms in total. The van der Waals surface area contributed by atoms with Crippen LogP contribution in [0, 0.1) is 6.92 Å². The minimum Gasteiger partial charge on any atom is -0.356 e. The maximum absolute atomic E-state index is 13.0. The van der Waals surface area contributed by atoms with E-state index in [1.807, 2.05) is 44.2 Å². The molecule has 0 spiro atoms. The molecule has 0 aliphatic carbocycles. The van der Waals surface area contributed by atoms with E-state index in [-0.39, 0.29) is 42.5 Å². The maximum atomic E-state index is 13.0. The minimum atomic E-state index is -0.351. The van der Waals surface area contributed by atoms with Gasteiger partial charge in [0.2, 0.25) is 11.8 Å². The highest BCUT2D eigenvalue weighted by atomic mass is 16.2. The summed E-state index contributed by atoms with van der Waals surface area (Å²) in [5.74, 6) is -0.418. The fourth-order valence-electron chi connectivity index (χ4n) is 3.13. The fourth-order valence-corrected chi connectivity index (χ4v) is 3.13. The lowest BCUT2D eigenvalue weighted by Crippen LogP contribution is -2.32. The van der Waals surface area contributed by atoms with E-state index in [0.717, 1.165) is 12.0 Å². The highest BCUT2D eigenvalue weighted by molar-refractivity contribution is 5.91. The van der Waals surface area contributed by atoms with Gasteiger partial charge in [-0.2, -0.15) is 0 Å². The Kier molecular flexibility index (Phi) is 6.95. The fraction of sp³-hybridized carbons (Fsp3) is 0.304. The third-order valence-electron chi connectivity index (χ3n) is 4.72. The van der Waals surface area contributed by atoms with Crippen LogP contribution in [0.25, 0.3) is 11.0 Å². The second kappa shape index (κ2) is 9.82. The van der Waals surface area contributed by atoms with Gasteiger partial charge in [-0.25, -0.2) is 4.98 Å². The van der Waals surface area contributed by atoms with Gasteiger partial charge in [0, 0.05) is 25.1 Å². The number of anilines is 1. The molecule has 156 valence electrons. The summed E-state index contributed by atoms with van der Waals surface area (Å²) in [6, 6.07) is 14.6. The number of nitrogens with zero attached hydrogens (tertiary/aromatic N) is 2. The van der Waals surface area contributed by atoms with Gasteiger partial charge in [-0.05, 0) is 37.6 Å². The lowest BCUT2D eigenvalue weighted by molar-refractivity contribution is -0.121. The van der Waals surface area contributed by atoms with E-state index in [0.29, 0.717) is 23.3 Å². The van der Waals surface area contributed by atoms with Gasteiger partial charge in [0.1, 0.15) is 12.2 Å². The maximum Gasteiger partial charge on any atom is 0.273 e. The molecule has 2 N–H and O–H groups in total. The number of para-hydroxylation sites is 2. The van der Waals surface area contributed by atoms with Crippen LogP contribution in [0.2, 0.25) is 0 Å². The van der Waals surface area contributed by atoms with Crippen molar-refractivity contribution in [3.8, 4) is 0 Å². The monoisotopic (exact) mass is 406 g/mol. The summed E-state index contributed by atoms with van der Waals surface area (Å²) >= 11 is 0. The zero-order valence-electron chi connectivity index (χ0n) is 17.3. The zero-order valence-corrected chi connectivity index (χ0v) is 17.3. The molecule has 0 aliphatic rings. The predicted molar refractivity (Wildman–Crippen MR) is 117 cm³/mol. The van der Waals surface area contributed by atoms with Crippen LogP contribution in [-0.4, -0.2) is 27.9 Å². The Morgan fingerprint density at radius 2 is 1.77 bits per heavy atom. The number of benzene rings is 2. The normalized spacial score (nSPS) is 10.7. The van der Waals surface area contributed by atoms with Crippen LogP contribution in [0.15, 0.2) is 53.3 Å². The third kappa shape index (κ3) is 5.31. The van der Waals surface area contributed by atoms with Crippen LogP contribution < -0.4 is 16.2 Å². The second-order valence-electron chi connectivity index (χ2n) is 7.20. The van der Waals surface area contributed by atoms with Gasteiger partial charge in [0.05, 0.1) is 11.0 Å². The molecule has 2 amide bonds. The van der Waals surface area contributed by atoms with Crippen LogP contribution >= 0.6 is 0 Å². The number of aromatic nitrogens is 2. The first kappa shape index (κ1) is 21.2. The number of rotatable bonds is 8. The van der Waals surface area contributed by atoms with Gasteiger partial charge in [0.25, 0.3) is 5.56 Å². The molecule has 1 heterocycles. The van der Waals surface area contributed by atoms with Crippen molar-refractivity contribution >= 4 is 28.5 Å². The number of hydrogen-bond donors (Lipinski definition) is 2. The number of fused-ring (bicyclic) bond motifs is 1. The Morgan fingerprint density at radius 1 is 1.03 bits per heavy atom. The molecule has 0 aliphatic heterocycles. The number of amides is 2. The molecule has 0 unspecified atom stereocenters. The molecular formula is C23H26N4O3. The first-order valence-electron chi connectivity index (χ1n) is 10.1. The number of carbonyl (C=O) groups excluding carboxylic acids is 2. The van der Waals surface area contributed by atoms with Gasteiger partial charge in [-0.1, -0.05) is 36.8 Å². The van der Waals surface area contributed by atoms with Gasteiger partial charge in [-0.15, -0.1) is 0 Å². The van der Waals surface area contributed by atoms with Crippen molar-refractivity contribution in [2.45, 2.75) is 39.7 Å². The van der Waals surface area contributed by atoms with Crippen LogP contribution in [0.1, 0.15) is 31.0 Å². The van der Waals surface area contributed by atoms with Gasteiger partial charge in [-0.3, -0.25) is 19.0 Å². The average Bonchev–Trinajstić information content (AvgIpc) is 2.74. The first-order chi connectivity index (χ1) is 14.5. The highest BCUT2D eigenvalue weighted by Gasteiger charge is 2.15. The largest absolute Gasteiger partial charge is 0.356 e.